The second-order valence-electron chi connectivity index (χ2n) is 8.77. The van der Waals surface area contributed by atoms with Gasteiger partial charge >= 0.3 is 6.03 Å². The number of imidazole rings is 1. The molecular formula is C26H29N5O3. The van der Waals surface area contributed by atoms with Gasteiger partial charge in [-0.2, -0.15) is 0 Å². The molecule has 8 nitrogen and oxygen atoms in total. The SMILES string of the molecule is CC(C)c1ccc(N2C(=O)NC(CCC(=O)NC(c3ccccc3)c3nccn3C)C2=O)cc1. The molecule has 0 bridgehead atoms. The van der Waals surface area contributed by atoms with E-state index in [1.165, 1.54) is 0 Å². The van der Waals surface area contributed by atoms with Crippen molar-refractivity contribution < 1.29 is 14.4 Å². The smallest absolute Gasteiger partial charge is 0.329 e. The van der Waals surface area contributed by atoms with Crippen molar-refractivity contribution in [2.75, 3.05) is 4.90 Å². The highest BCUT2D eigenvalue weighted by molar-refractivity contribution is 6.21. The fraction of sp³-hybridized carbons (Fsp3) is 0.308. The summed E-state index contributed by atoms with van der Waals surface area (Å²) >= 11 is 0. The summed E-state index contributed by atoms with van der Waals surface area (Å²) in [6, 6.07) is 15.4. The van der Waals surface area contributed by atoms with Crippen LogP contribution in [-0.4, -0.2) is 33.4 Å². The van der Waals surface area contributed by atoms with Crippen molar-refractivity contribution in [2.24, 2.45) is 7.05 Å². The van der Waals surface area contributed by atoms with E-state index >= 15 is 0 Å². The Kier molecular flexibility index (Phi) is 6.77. The Bertz CT molecular complexity index is 1170. The van der Waals surface area contributed by atoms with Gasteiger partial charge < -0.3 is 15.2 Å². The van der Waals surface area contributed by atoms with E-state index in [0.29, 0.717) is 17.4 Å². The zero-order valence-electron chi connectivity index (χ0n) is 19.6. The Labute approximate surface area is 199 Å². The van der Waals surface area contributed by atoms with Crippen molar-refractivity contribution in [3.63, 3.8) is 0 Å². The minimum Gasteiger partial charge on any atom is -0.342 e. The number of anilines is 1. The predicted octanol–water partition coefficient (Wildman–Crippen LogP) is 3.65. The van der Waals surface area contributed by atoms with E-state index < -0.39 is 18.1 Å². The number of rotatable bonds is 8. The van der Waals surface area contributed by atoms with E-state index in [4.69, 9.17) is 0 Å². The van der Waals surface area contributed by atoms with Crippen molar-refractivity contribution in [2.45, 2.75) is 44.7 Å². The van der Waals surface area contributed by atoms with Gasteiger partial charge in [0, 0.05) is 25.9 Å². The molecule has 8 heteroatoms. The van der Waals surface area contributed by atoms with Crippen molar-refractivity contribution in [3.05, 3.63) is 83.9 Å². The van der Waals surface area contributed by atoms with Gasteiger partial charge in [-0.1, -0.05) is 56.3 Å². The molecule has 1 fully saturated rings. The van der Waals surface area contributed by atoms with Gasteiger partial charge in [0.25, 0.3) is 5.91 Å². The number of hydrogen-bond acceptors (Lipinski definition) is 4. The lowest BCUT2D eigenvalue weighted by molar-refractivity contribution is -0.122. The molecule has 1 aromatic heterocycles. The molecule has 0 saturated carbocycles. The van der Waals surface area contributed by atoms with Crippen LogP contribution < -0.4 is 15.5 Å². The Morgan fingerprint density at radius 3 is 2.38 bits per heavy atom. The lowest BCUT2D eigenvalue weighted by Crippen LogP contribution is -2.34. The summed E-state index contributed by atoms with van der Waals surface area (Å²) in [7, 11) is 1.87. The van der Waals surface area contributed by atoms with E-state index in [1.54, 1.807) is 18.3 Å². The Hall–Kier alpha value is -3.94. The summed E-state index contributed by atoms with van der Waals surface area (Å²) in [6.07, 6.45) is 3.81. The summed E-state index contributed by atoms with van der Waals surface area (Å²) in [5, 5.41) is 5.73. The first-order valence-corrected chi connectivity index (χ1v) is 11.4. The van der Waals surface area contributed by atoms with Crippen LogP contribution in [0.4, 0.5) is 10.5 Å². The minimum atomic E-state index is -0.744. The molecule has 2 unspecified atom stereocenters. The first kappa shape index (κ1) is 23.2. The van der Waals surface area contributed by atoms with Gasteiger partial charge in [0.15, 0.2) is 0 Å². The molecule has 4 rings (SSSR count). The lowest BCUT2D eigenvalue weighted by Gasteiger charge is -2.19. The third-order valence-corrected chi connectivity index (χ3v) is 6.05. The van der Waals surface area contributed by atoms with E-state index in [-0.39, 0.29) is 24.7 Å². The maximum atomic E-state index is 12.9. The second-order valence-corrected chi connectivity index (χ2v) is 8.77. The van der Waals surface area contributed by atoms with Crippen LogP contribution in [0.25, 0.3) is 0 Å². The Morgan fingerprint density at radius 1 is 1.06 bits per heavy atom. The molecule has 1 aliphatic heterocycles. The van der Waals surface area contributed by atoms with Gasteiger partial charge in [0.1, 0.15) is 17.9 Å². The van der Waals surface area contributed by atoms with Gasteiger partial charge in [0.05, 0.1) is 5.69 Å². The molecule has 2 aromatic carbocycles. The molecule has 176 valence electrons. The quantitative estimate of drug-likeness (QED) is 0.503. The van der Waals surface area contributed by atoms with Gasteiger partial charge in [-0.05, 0) is 35.6 Å². The molecule has 0 aliphatic carbocycles. The van der Waals surface area contributed by atoms with E-state index in [2.05, 4.69) is 29.5 Å². The zero-order chi connectivity index (χ0) is 24.2. The monoisotopic (exact) mass is 459 g/mol. The number of nitrogens with zero attached hydrogens (tertiary/aromatic N) is 3. The largest absolute Gasteiger partial charge is 0.342 e. The number of aryl methyl sites for hydroxylation is 1. The van der Waals surface area contributed by atoms with Crippen molar-refractivity contribution in [1.29, 1.82) is 0 Å². The predicted molar refractivity (Wildman–Crippen MR) is 129 cm³/mol. The van der Waals surface area contributed by atoms with E-state index in [1.807, 2.05) is 60.3 Å². The topological polar surface area (TPSA) is 96.3 Å². The lowest BCUT2D eigenvalue weighted by atomic mass is 10.0. The number of carbonyl (C=O) groups is 3. The average Bonchev–Trinajstić information content (AvgIpc) is 3.38. The third-order valence-electron chi connectivity index (χ3n) is 6.05. The molecule has 2 atom stereocenters. The van der Waals surface area contributed by atoms with Crippen LogP contribution in [0.3, 0.4) is 0 Å². The first-order valence-electron chi connectivity index (χ1n) is 11.4. The molecule has 1 aliphatic rings. The summed E-state index contributed by atoms with van der Waals surface area (Å²) in [5.74, 6) is 0.493. The number of imide groups is 1. The van der Waals surface area contributed by atoms with Crippen LogP contribution in [0, 0.1) is 0 Å². The highest BCUT2D eigenvalue weighted by Crippen LogP contribution is 2.25. The summed E-state index contributed by atoms with van der Waals surface area (Å²) in [5.41, 5.74) is 2.56. The number of urea groups is 1. The van der Waals surface area contributed by atoms with Crippen molar-refractivity contribution >= 4 is 23.5 Å². The second kappa shape index (κ2) is 9.91. The van der Waals surface area contributed by atoms with Crippen LogP contribution in [0.15, 0.2) is 67.0 Å². The van der Waals surface area contributed by atoms with E-state index in [9.17, 15) is 14.4 Å². The van der Waals surface area contributed by atoms with Gasteiger partial charge in [-0.25, -0.2) is 14.7 Å². The fourth-order valence-corrected chi connectivity index (χ4v) is 4.09. The third kappa shape index (κ3) is 4.85. The van der Waals surface area contributed by atoms with Crippen LogP contribution in [-0.2, 0) is 16.6 Å². The molecule has 2 heterocycles. The van der Waals surface area contributed by atoms with Gasteiger partial charge in [-0.15, -0.1) is 0 Å². The summed E-state index contributed by atoms with van der Waals surface area (Å²) < 4.78 is 1.86. The zero-order valence-corrected chi connectivity index (χ0v) is 19.6. The van der Waals surface area contributed by atoms with Crippen LogP contribution in [0.2, 0.25) is 0 Å². The summed E-state index contributed by atoms with van der Waals surface area (Å²) in [6.45, 7) is 4.17. The number of aromatic nitrogens is 2. The average molecular weight is 460 g/mol. The molecular weight excluding hydrogens is 430 g/mol. The number of nitrogens with one attached hydrogen (secondary N) is 2. The van der Waals surface area contributed by atoms with Crippen LogP contribution >= 0.6 is 0 Å². The highest BCUT2D eigenvalue weighted by atomic mass is 16.2. The number of amides is 4. The normalized spacial score (nSPS) is 16.6. The summed E-state index contributed by atoms with van der Waals surface area (Å²) in [4.78, 5) is 43.8. The first-order chi connectivity index (χ1) is 16.3. The minimum absolute atomic E-state index is 0.0879. The van der Waals surface area contributed by atoms with Gasteiger partial charge in [-0.3, -0.25) is 9.59 Å². The molecule has 0 radical (unpaired) electrons. The molecule has 2 N–H and O–H groups in total. The molecule has 34 heavy (non-hydrogen) atoms. The molecule has 4 amide bonds. The maximum absolute atomic E-state index is 12.9. The van der Waals surface area contributed by atoms with Crippen LogP contribution in [0.1, 0.15) is 55.6 Å². The molecule has 0 spiro atoms. The Balaban J connectivity index is 1.41. The number of benzene rings is 2. The van der Waals surface area contributed by atoms with Crippen molar-refractivity contribution in [1.82, 2.24) is 20.2 Å². The maximum Gasteiger partial charge on any atom is 0.329 e. The molecule has 1 saturated heterocycles. The van der Waals surface area contributed by atoms with E-state index in [0.717, 1.165) is 16.0 Å². The number of hydrogen-bond donors (Lipinski definition) is 2. The number of carbonyl (C=O) groups excluding carboxylic acids is 3. The van der Waals surface area contributed by atoms with Crippen LogP contribution in [0.5, 0.6) is 0 Å². The fourth-order valence-electron chi connectivity index (χ4n) is 4.09. The molecule has 3 aromatic rings. The standard InChI is InChI=1S/C26H29N5O3/c1-17(2)18-9-11-20(12-10-18)31-25(33)21(28-26(31)34)13-14-22(32)29-23(19-7-5-4-6-8-19)24-27-15-16-30(24)3/h4-12,15-17,21,23H,13-14H2,1-3H3,(H,28,34)(H,29,32). The van der Waals surface area contributed by atoms with Gasteiger partial charge in [0.2, 0.25) is 5.91 Å². The highest BCUT2D eigenvalue weighted by Gasteiger charge is 2.39. The Morgan fingerprint density at radius 2 is 1.76 bits per heavy atom. The van der Waals surface area contributed by atoms with Crippen molar-refractivity contribution in [3.8, 4) is 0 Å².